The number of rotatable bonds is 6. The van der Waals surface area contributed by atoms with E-state index in [2.05, 4.69) is 24.0 Å². The van der Waals surface area contributed by atoms with E-state index in [0.29, 0.717) is 11.8 Å². The molecule has 0 spiro atoms. The normalized spacial score (nSPS) is 14.4. The Morgan fingerprint density at radius 2 is 1.85 bits per heavy atom. The summed E-state index contributed by atoms with van der Waals surface area (Å²) in [5, 5.41) is 4.04. The van der Waals surface area contributed by atoms with Gasteiger partial charge >= 0.3 is 0 Å². The molecule has 0 aliphatic heterocycles. The molecule has 2 unspecified atom stereocenters. The van der Waals surface area contributed by atoms with Gasteiger partial charge in [-0.1, -0.05) is 56.3 Å². The molecule has 0 aliphatic carbocycles. The Bertz CT molecular complexity index is 522. The molecule has 20 heavy (non-hydrogen) atoms. The van der Waals surface area contributed by atoms with Gasteiger partial charge in [0.1, 0.15) is 0 Å². The van der Waals surface area contributed by atoms with E-state index in [4.69, 9.17) is 10.3 Å². The fourth-order valence-electron chi connectivity index (χ4n) is 2.09. The van der Waals surface area contributed by atoms with Crippen molar-refractivity contribution in [1.29, 1.82) is 0 Å². The van der Waals surface area contributed by atoms with Crippen LogP contribution in [0.25, 0.3) is 0 Å². The van der Waals surface area contributed by atoms with Crippen molar-refractivity contribution in [1.82, 2.24) is 10.1 Å². The standard InChI is InChI=1S/C16H23N3O/c1-11(2)9-10-14-18-16(20-19-14)12(3)15(17)13-7-5-4-6-8-13/h4-8,11-12,15H,9-10,17H2,1-3H3. The molecule has 0 radical (unpaired) electrons. The molecule has 108 valence electrons. The molecular formula is C16H23N3O. The SMILES string of the molecule is CC(C)CCc1noc(C(C)C(N)c2ccccc2)n1. The first-order chi connectivity index (χ1) is 9.58. The van der Waals surface area contributed by atoms with Crippen LogP contribution < -0.4 is 5.73 Å². The maximum Gasteiger partial charge on any atom is 0.231 e. The smallest absolute Gasteiger partial charge is 0.231 e. The van der Waals surface area contributed by atoms with Crippen LogP contribution in [-0.2, 0) is 6.42 Å². The van der Waals surface area contributed by atoms with Gasteiger partial charge < -0.3 is 10.3 Å². The first-order valence-electron chi connectivity index (χ1n) is 7.21. The van der Waals surface area contributed by atoms with Gasteiger partial charge in [0.05, 0.1) is 5.92 Å². The van der Waals surface area contributed by atoms with E-state index in [1.165, 1.54) is 0 Å². The Labute approximate surface area is 120 Å². The van der Waals surface area contributed by atoms with E-state index in [1.807, 2.05) is 37.3 Å². The molecule has 0 fully saturated rings. The first-order valence-corrected chi connectivity index (χ1v) is 7.21. The molecule has 1 heterocycles. The Morgan fingerprint density at radius 3 is 2.50 bits per heavy atom. The number of nitrogens with zero attached hydrogens (tertiary/aromatic N) is 2. The summed E-state index contributed by atoms with van der Waals surface area (Å²) in [6, 6.07) is 9.88. The van der Waals surface area contributed by atoms with Crippen molar-refractivity contribution in [2.75, 3.05) is 0 Å². The number of nitrogens with two attached hydrogens (primary N) is 1. The molecule has 0 aliphatic rings. The first kappa shape index (κ1) is 14.7. The van der Waals surface area contributed by atoms with Crippen LogP contribution in [0, 0.1) is 5.92 Å². The Balaban J connectivity index is 2.04. The lowest BCUT2D eigenvalue weighted by atomic mass is 9.95. The van der Waals surface area contributed by atoms with E-state index in [1.54, 1.807) is 0 Å². The third kappa shape index (κ3) is 3.67. The Kier molecular flexibility index (Phi) is 4.90. The number of benzene rings is 1. The molecule has 1 aromatic carbocycles. The van der Waals surface area contributed by atoms with Crippen molar-refractivity contribution < 1.29 is 4.52 Å². The molecule has 2 N–H and O–H groups in total. The minimum absolute atomic E-state index is 0.0118. The molecule has 2 atom stereocenters. The van der Waals surface area contributed by atoms with Crippen LogP contribution in [0.4, 0.5) is 0 Å². The summed E-state index contributed by atoms with van der Waals surface area (Å²) >= 11 is 0. The Morgan fingerprint density at radius 1 is 1.15 bits per heavy atom. The third-order valence-corrected chi connectivity index (χ3v) is 3.54. The third-order valence-electron chi connectivity index (χ3n) is 3.54. The van der Waals surface area contributed by atoms with Gasteiger partial charge in [0.25, 0.3) is 0 Å². The van der Waals surface area contributed by atoms with Crippen LogP contribution in [0.2, 0.25) is 0 Å². The highest BCUT2D eigenvalue weighted by Gasteiger charge is 2.22. The molecule has 1 aromatic heterocycles. The predicted octanol–water partition coefficient (Wildman–Crippen LogP) is 3.46. The monoisotopic (exact) mass is 273 g/mol. The van der Waals surface area contributed by atoms with Gasteiger partial charge in [0.2, 0.25) is 5.89 Å². The fraction of sp³-hybridized carbons (Fsp3) is 0.500. The largest absolute Gasteiger partial charge is 0.339 e. The molecule has 2 aromatic rings. The highest BCUT2D eigenvalue weighted by atomic mass is 16.5. The fourth-order valence-corrected chi connectivity index (χ4v) is 2.09. The maximum atomic E-state index is 6.27. The zero-order chi connectivity index (χ0) is 14.5. The zero-order valence-corrected chi connectivity index (χ0v) is 12.4. The highest BCUT2D eigenvalue weighted by Crippen LogP contribution is 2.27. The predicted molar refractivity (Wildman–Crippen MR) is 79.2 cm³/mol. The van der Waals surface area contributed by atoms with Gasteiger partial charge in [0.15, 0.2) is 5.82 Å². The van der Waals surface area contributed by atoms with Crippen LogP contribution in [-0.4, -0.2) is 10.1 Å². The number of aromatic nitrogens is 2. The van der Waals surface area contributed by atoms with Gasteiger partial charge in [-0.25, -0.2) is 0 Å². The van der Waals surface area contributed by atoms with Crippen LogP contribution in [0.3, 0.4) is 0 Å². The topological polar surface area (TPSA) is 64.9 Å². The van der Waals surface area contributed by atoms with Gasteiger partial charge in [-0.05, 0) is 17.9 Å². The second-order valence-electron chi connectivity index (χ2n) is 5.71. The lowest BCUT2D eigenvalue weighted by Crippen LogP contribution is -2.17. The quantitative estimate of drug-likeness (QED) is 0.875. The summed E-state index contributed by atoms with van der Waals surface area (Å²) in [4.78, 5) is 4.47. The second kappa shape index (κ2) is 6.66. The van der Waals surface area contributed by atoms with E-state index < -0.39 is 0 Å². The van der Waals surface area contributed by atoms with Crippen molar-refractivity contribution in [3.05, 3.63) is 47.6 Å². The minimum Gasteiger partial charge on any atom is -0.339 e. The van der Waals surface area contributed by atoms with Crippen molar-refractivity contribution >= 4 is 0 Å². The van der Waals surface area contributed by atoms with Gasteiger partial charge in [-0.15, -0.1) is 0 Å². The van der Waals surface area contributed by atoms with Gasteiger partial charge in [-0.2, -0.15) is 4.98 Å². The van der Waals surface area contributed by atoms with E-state index in [0.717, 1.165) is 24.2 Å². The summed E-state index contributed by atoms with van der Waals surface area (Å²) in [5.41, 5.74) is 7.36. The Hall–Kier alpha value is -1.68. The van der Waals surface area contributed by atoms with Crippen molar-refractivity contribution in [3.63, 3.8) is 0 Å². The summed E-state index contributed by atoms with van der Waals surface area (Å²) in [7, 11) is 0. The molecule has 0 saturated carbocycles. The van der Waals surface area contributed by atoms with Crippen LogP contribution in [0.5, 0.6) is 0 Å². The molecule has 0 bridgehead atoms. The number of aryl methyl sites for hydroxylation is 1. The van der Waals surface area contributed by atoms with Crippen LogP contribution >= 0.6 is 0 Å². The van der Waals surface area contributed by atoms with E-state index in [9.17, 15) is 0 Å². The van der Waals surface area contributed by atoms with Gasteiger partial charge in [-0.3, -0.25) is 0 Å². The van der Waals surface area contributed by atoms with Crippen LogP contribution in [0.1, 0.15) is 56.4 Å². The summed E-state index contributed by atoms with van der Waals surface area (Å²) in [5.74, 6) is 2.06. The molecule has 0 amide bonds. The van der Waals surface area contributed by atoms with Crippen molar-refractivity contribution in [3.8, 4) is 0 Å². The van der Waals surface area contributed by atoms with Crippen LogP contribution in [0.15, 0.2) is 34.9 Å². The molecule has 4 heteroatoms. The lowest BCUT2D eigenvalue weighted by Gasteiger charge is -2.16. The van der Waals surface area contributed by atoms with Crippen molar-refractivity contribution in [2.24, 2.45) is 11.7 Å². The summed E-state index contributed by atoms with van der Waals surface area (Å²) in [6.45, 7) is 6.40. The molecule has 0 saturated heterocycles. The highest BCUT2D eigenvalue weighted by molar-refractivity contribution is 5.21. The molecular weight excluding hydrogens is 250 g/mol. The second-order valence-corrected chi connectivity index (χ2v) is 5.71. The average molecular weight is 273 g/mol. The maximum absolute atomic E-state index is 6.27. The summed E-state index contributed by atoms with van der Waals surface area (Å²) < 4.78 is 5.36. The van der Waals surface area contributed by atoms with Gasteiger partial charge in [0, 0.05) is 12.5 Å². The van der Waals surface area contributed by atoms with E-state index in [-0.39, 0.29) is 12.0 Å². The summed E-state index contributed by atoms with van der Waals surface area (Å²) in [6.07, 6.45) is 1.92. The molecule has 4 nitrogen and oxygen atoms in total. The number of hydrogen-bond donors (Lipinski definition) is 1. The minimum atomic E-state index is -0.130. The zero-order valence-electron chi connectivity index (χ0n) is 12.4. The average Bonchev–Trinajstić information content (AvgIpc) is 2.93. The number of hydrogen-bond acceptors (Lipinski definition) is 4. The van der Waals surface area contributed by atoms with Crippen molar-refractivity contribution in [2.45, 2.75) is 45.6 Å². The lowest BCUT2D eigenvalue weighted by molar-refractivity contribution is 0.339. The van der Waals surface area contributed by atoms with E-state index >= 15 is 0 Å². The molecule has 2 rings (SSSR count).